The Kier molecular flexibility index (Phi) is 5.02. The maximum atomic E-state index is 12.4. The van der Waals surface area contributed by atoms with Gasteiger partial charge >= 0.3 is 6.03 Å². The van der Waals surface area contributed by atoms with Crippen molar-refractivity contribution in [1.82, 2.24) is 30.3 Å². The Morgan fingerprint density at radius 1 is 1.11 bits per heavy atom. The maximum absolute atomic E-state index is 12.4. The van der Waals surface area contributed by atoms with Crippen molar-refractivity contribution in [2.45, 2.75) is 19.4 Å². The third-order valence-electron chi connectivity index (χ3n) is 3.88. The van der Waals surface area contributed by atoms with E-state index in [-0.39, 0.29) is 6.03 Å². The minimum atomic E-state index is -0.721. The number of hydrogen-bond donors (Lipinski definition) is 2. The highest BCUT2D eigenvalue weighted by Crippen LogP contribution is 2.19. The van der Waals surface area contributed by atoms with Gasteiger partial charge in [0.05, 0.1) is 35.5 Å². The quantitative estimate of drug-likeness (QED) is 0.718. The van der Waals surface area contributed by atoms with Gasteiger partial charge in [-0.15, -0.1) is 5.10 Å². The average Bonchev–Trinajstić information content (AvgIpc) is 3.13. The van der Waals surface area contributed by atoms with E-state index in [2.05, 4.69) is 30.9 Å². The van der Waals surface area contributed by atoms with E-state index in [1.807, 2.05) is 58.3 Å². The molecular formula is C18H22N8O. The molecule has 0 unspecified atom stereocenters. The van der Waals surface area contributed by atoms with Crippen LogP contribution < -0.4 is 15.5 Å². The molecule has 0 atom stereocenters. The Balaban J connectivity index is 1.67. The second-order valence-electron chi connectivity index (χ2n) is 6.75. The zero-order chi connectivity index (χ0) is 19.4. The molecular weight excluding hydrogens is 344 g/mol. The number of benzene rings is 1. The van der Waals surface area contributed by atoms with E-state index in [4.69, 9.17) is 0 Å². The van der Waals surface area contributed by atoms with Crippen LogP contribution >= 0.6 is 0 Å². The third kappa shape index (κ3) is 4.38. The van der Waals surface area contributed by atoms with Crippen molar-refractivity contribution in [3.63, 3.8) is 0 Å². The van der Waals surface area contributed by atoms with Crippen LogP contribution in [0.25, 0.3) is 5.69 Å². The molecule has 9 nitrogen and oxygen atoms in total. The molecule has 2 N–H and O–H groups in total. The Morgan fingerprint density at radius 2 is 1.78 bits per heavy atom. The predicted molar refractivity (Wildman–Crippen MR) is 103 cm³/mol. The zero-order valence-electron chi connectivity index (χ0n) is 15.7. The summed E-state index contributed by atoms with van der Waals surface area (Å²) in [6.45, 7) is 3.72. The van der Waals surface area contributed by atoms with Crippen LogP contribution in [0.15, 0.2) is 48.9 Å². The van der Waals surface area contributed by atoms with Gasteiger partial charge in [0.15, 0.2) is 0 Å². The highest BCUT2D eigenvalue weighted by atomic mass is 16.2. The van der Waals surface area contributed by atoms with E-state index in [1.165, 1.54) is 0 Å². The summed E-state index contributed by atoms with van der Waals surface area (Å²) >= 11 is 0. The van der Waals surface area contributed by atoms with Crippen LogP contribution in [0.3, 0.4) is 0 Å². The summed E-state index contributed by atoms with van der Waals surface area (Å²) in [6, 6.07) is 9.28. The number of carbonyl (C=O) groups excluding carboxylic acids is 1. The number of anilines is 2. The molecule has 0 aliphatic carbocycles. The lowest BCUT2D eigenvalue weighted by Gasteiger charge is -2.23. The van der Waals surface area contributed by atoms with Crippen LogP contribution in [0.2, 0.25) is 0 Å². The fraction of sp³-hybridized carbons (Fsp3) is 0.278. The van der Waals surface area contributed by atoms with E-state index in [9.17, 15) is 4.79 Å². The predicted octanol–water partition coefficient (Wildman–Crippen LogP) is 2.18. The molecule has 0 aliphatic rings. The Bertz CT molecular complexity index is 903. The van der Waals surface area contributed by atoms with Crippen LogP contribution in [0.1, 0.15) is 19.5 Å². The summed E-state index contributed by atoms with van der Waals surface area (Å²) < 4.78 is 1.67. The summed E-state index contributed by atoms with van der Waals surface area (Å²) in [5.41, 5.74) is 1.32. The van der Waals surface area contributed by atoms with Crippen LogP contribution in [-0.4, -0.2) is 45.1 Å². The molecule has 2 amide bonds. The highest BCUT2D eigenvalue weighted by Gasteiger charge is 2.26. The molecule has 9 heteroatoms. The standard InChI is InChI=1S/C18H22N8O/c1-18(2,15-12-26(24-23-15)14-8-6-5-7-9-14)22-17(27)21-13-10-19-16(20-11-13)25(3)4/h5-12H,1-4H3,(H2,21,22,27). The molecule has 0 bridgehead atoms. The van der Waals surface area contributed by atoms with Gasteiger partial charge in [0.1, 0.15) is 5.69 Å². The first-order chi connectivity index (χ1) is 12.8. The topological polar surface area (TPSA) is 101 Å². The Hall–Kier alpha value is -3.49. The number of hydrogen-bond acceptors (Lipinski definition) is 6. The van der Waals surface area contributed by atoms with Crippen molar-refractivity contribution in [2.75, 3.05) is 24.3 Å². The van der Waals surface area contributed by atoms with Crippen molar-refractivity contribution >= 4 is 17.7 Å². The second kappa shape index (κ2) is 7.40. The summed E-state index contributed by atoms with van der Waals surface area (Å²) in [7, 11) is 3.69. The van der Waals surface area contributed by atoms with Gasteiger partial charge in [0, 0.05) is 14.1 Å². The molecule has 0 saturated carbocycles. The number of amides is 2. The lowest BCUT2D eigenvalue weighted by atomic mass is 10.0. The second-order valence-corrected chi connectivity index (χ2v) is 6.75. The first-order valence-electron chi connectivity index (χ1n) is 8.42. The molecule has 27 heavy (non-hydrogen) atoms. The fourth-order valence-corrected chi connectivity index (χ4v) is 2.38. The number of aromatic nitrogens is 5. The van der Waals surface area contributed by atoms with Gasteiger partial charge in [-0.25, -0.2) is 19.4 Å². The lowest BCUT2D eigenvalue weighted by Crippen LogP contribution is -2.43. The lowest BCUT2D eigenvalue weighted by molar-refractivity contribution is 0.241. The fourth-order valence-electron chi connectivity index (χ4n) is 2.38. The van der Waals surface area contributed by atoms with Crippen LogP contribution in [0, 0.1) is 0 Å². The largest absolute Gasteiger partial charge is 0.347 e. The number of carbonyl (C=O) groups is 1. The third-order valence-corrected chi connectivity index (χ3v) is 3.88. The van der Waals surface area contributed by atoms with Gasteiger partial charge in [-0.2, -0.15) is 0 Å². The minimum Gasteiger partial charge on any atom is -0.347 e. The summed E-state index contributed by atoms with van der Waals surface area (Å²) in [4.78, 5) is 22.5. The van der Waals surface area contributed by atoms with Crippen molar-refractivity contribution in [3.8, 4) is 5.69 Å². The van der Waals surface area contributed by atoms with Crippen LogP contribution in [-0.2, 0) is 5.54 Å². The van der Waals surface area contributed by atoms with Crippen molar-refractivity contribution in [2.24, 2.45) is 0 Å². The highest BCUT2D eigenvalue weighted by molar-refractivity contribution is 5.89. The van der Waals surface area contributed by atoms with E-state index >= 15 is 0 Å². The van der Waals surface area contributed by atoms with Gasteiger partial charge in [-0.3, -0.25) is 0 Å². The molecule has 0 radical (unpaired) electrons. The number of urea groups is 1. The molecule has 0 aliphatic heterocycles. The van der Waals surface area contributed by atoms with Gasteiger partial charge in [-0.05, 0) is 26.0 Å². The van der Waals surface area contributed by atoms with E-state index < -0.39 is 5.54 Å². The van der Waals surface area contributed by atoms with E-state index in [0.717, 1.165) is 5.69 Å². The van der Waals surface area contributed by atoms with Crippen LogP contribution in [0.5, 0.6) is 0 Å². The SMILES string of the molecule is CN(C)c1ncc(NC(=O)NC(C)(C)c2cn(-c3ccccc3)nn2)cn1. The minimum absolute atomic E-state index is 0.379. The first kappa shape index (κ1) is 18.3. The molecule has 3 rings (SSSR count). The molecule has 0 spiro atoms. The number of rotatable bonds is 5. The van der Waals surface area contributed by atoms with Crippen molar-refractivity contribution < 1.29 is 4.79 Å². The molecule has 0 saturated heterocycles. The molecule has 140 valence electrons. The molecule has 0 fully saturated rings. The number of nitrogens with zero attached hydrogens (tertiary/aromatic N) is 6. The van der Waals surface area contributed by atoms with Gasteiger partial charge in [-0.1, -0.05) is 23.4 Å². The van der Waals surface area contributed by atoms with Crippen LogP contribution in [0.4, 0.5) is 16.4 Å². The van der Waals surface area contributed by atoms with Crippen molar-refractivity contribution in [3.05, 3.63) is 54.6 Å². The number of nitrogens with one attached hydrogen (secondary N) is 2. The Morgan fingerprint density at radius 3 is 2.41 bits per heavy atom. The van der Waals surface area contributed by atoms with Crippen molar-refractivity contribution in [1.29, 1.82) is 0 Å². The van der Waals surface area contributed by atoms with Gasteiger partial charge < -0.3 is 15.5 Å². The average molecular weight is 366 g/mol. The smallest absolute Gasteiger partial charge is 0.320 e. The number of para-hydroxylation sites is 1. The monoisotopic (exact) mass is 366 g/mol. The molecule has 1 aromatic carbocycles. The Labute approximate surface area is 157 Å². The molecule has 3 aromatic rings. The van der Waals surface area contributed by atoms with E-state index in [0.29, 0.717) is 17.3 Å². The van der Waals surface area contributed by atoms with Gasteiger partial charge in [0.2, 0.25) is 5.95 Å². The van der Waals surface area contributed by atoms with Gasteiger partial charge in [0.25, 0.3) is 0 Å². The first-order valence-corrected chi connectivity index (χ1v) is 8.42. The molecule has 2 aromatic heterocycles. The summed E-state index contributed by atoms with van der Waals surface area (Å²) in [5, 5.41) is 14.0. The molecule has 2 heterocycles. The van der Waals surface area contributed by atoms with E-state index in [1.54, 1.807) is 28.2 Å². The summed E-state index contributed by atoms with van der Waals surface area (Å²) in [5.74, 6) is 0.568. The normalized spacial score (nSPS) is 11.1. The maximum Gasteiger partial charge on any atom is 0.320 e. The zero-order valence-corrected chi connectivity index (χ0v) is 15.7. The summed E-state index contributed by atoms with van der Waals surface area (Å²) in [6.07, 6.45) is 4.91.